The Balaban J connectivity index is 2.41. The van der Waals surface area contributed by atoms with Gasteiger partial charge in [-0.15, -0.1) is 0 Å². The Morgan fingerprint density at radius 1 is 1.53 bits per heavy atom. The van der Waals surface area contributed by atoms with E-state index in [4.69, 9.17) is 4.42 Å². The minimum Gasteiger partial charge on any atom is -0.464 e. The molecule has 0 saturated carbocycles. The smallest absolute Gasteiger partial charge is 0.221 e. The van der Waals surface area contributed by atoms with Gasteiger partial charge in [0, 0.05) is 13.0 Å². The van der Waals surface area contributed by atoms with Crippen molar-refractivity contribution in [1.82, 2.24) is 10.6 Å². The van der Waals surface area contributed by atoms with E-state index in [9.17, 15) is 4.79 Å². The molecular formula is C11H18N2O2. The lowest BCUT2D eigenvalue weighted by Gasteiger charge is -2.11. The van der Waals surface area contributed by atoms with Crippen molar-refractivity contribution in [2.75, 3.05) is 13.6 Å². The van der Waals surface area contributed by atoms with Crippen LogP contribution in [0.1, 0.15) is 30.9 Å². The molecule has 84 valence electrons. The molecule has 15 heavy (non-hydrogen) atoms. The first kappa shape index (κ1) is 11.8. The van der Waals surface area contributed by atoms with E-state index in [-0.39, 0.29) is 11.9 Å². The standard InChI is InChI=1S/C11H18N2O2/c1-8-4-5-10(15-8)9(2)13-11(14)6-7-12-3/h4-5,9,12H,6-7H2,1-3H3,(H,13,14). The molecule has 0 aliphatic carbocycles. The van der Waals surface area contributed by atoms with Crippen molar-refractivity contribution in [3.05, 3.63) is 23.7 Å². The lowest BCUT2D eigenvalue weighted by molar-refractivity contribution is -0.121. The molecule has 1 rings (SSSR count). The molecule has 0 aromatic carbocycles. The molecule has 0 aliphatic rings. The molecule has 0 saturated heterocycles. The summed E-state index contributed by atoms with van der Waals surface area (Å²) in [5.41, 5.74) is 0. The zero-order valence-corrected chi connectivity index (χ0v) is 9.46. The number of hydrogen-bond donors (Lipinski definition) is 2. The lowest BCUT2D eigenvalue weighted by Crippen LogP contribution is -2.28. The van der Waals surface area contributed by atoms with Gasteiger partial charge < -0.3 is 15.1 Å². The first-order valence-corrected chi connectivity index (χ1v) is 5.13. The van der Waals surface area contributed by atoms with E-state index in [2.05, 4.69) is 10.6 Å². The highest BCUT2D eigenvalue weighted by Crippen LogP contribution is 2.15. The SMILES string of the molecule is CNCCC(=O)NC(C)c1ccc(C)o1. The molecule has 2 N–H and O–H groups in total. The first-order chi connectivity index (χ1) is 7.13. The van der Waals surface area contributed by atoms with Crippen LogP contribution in [0.2, 0.25) is 0 Å². The van der Waals surface area contributed by atoms with Crippen LogP contribution in [0.3, 0.4) is 0 Å². The maximum Gasteiger partial charge on any atom is 0.221 e. The van der Waals surface area contributed by atoms with Gasteiger partial charge in [-0.1, -0.05) is 0 Å². The van der Waals surface area contributed by atoms with E-state index in [0.717, 1.165) is 11.5 Å². The van der Waals surface area contributed by atoms with Crippen LogP contribution in [0.25, 0.3) is 0 Å². The zero-order valence-electron chi connectivity index (χ0n) is 9.46. The minimum absolute atomic E-state index is 0.0332. The molecule has 0 spiro atoms. The van der Waals surface area contributed by atoms with E-state index in [1.54, 1.807) is 0 Å². The Kier molecular flexibility index (Phi) is 4.37. The topological polar surface area (TPSA) is 54.3 Å². The van der Waals surface area contributed by atoms with Gasteiger partial charge >= 0.3 is 0 Å². The third-order valence-corrected chi connectivity index (χ3v) is 2.17. The molecule has 0 bridgehead atoms. The normalized spacial score (nSPS) is 12.5. The fourth-order valence-electron chi connectivity index (χ4n) is 1.31. The summed E-state index contributed by atoms with van der Waals surface area (Å²) >= 11 is 0. The van der Waals surface area contributed by atoms with Crippen molar-refractivity contribution in [2.24, 2.45) is 0 Å². The van der Waals surface area contributed by atoms with Crippen molar-refractivity contribution in [3.63, 3.8) is 0 Å². The Morgan fingerprint density at radius 3 is 2.80 bits per heavy atom. The molecule has 4 heteroatoms. The summed E-state index contributed by atoms with van der Waals surface area (Å²) < 4.78 is 5.42. The fourth-order valence-corrected chi connectivity index (χ4v) is 1.31. The lowest BCUT2D eigenvalue weighted by atomic mass is 10.2. The summed E-state index contributed by atoms with van der Waals surface area (Å²) in [6.07, 6.45) is 0.487. The number of rotatable bonds is 5. The van der Waals surface area contributed by atoms with Crippen molar-refractivity contribution in [2.45, 2.75) is 26.3 Å². The number of aryl methyl sites for hydroxylation is 1. The summed E-state index contributed by atoms with van der Waals surface area (Å²) in [5, 5.41) is 5.80. The maximum absolute atomic E-state index is 11.4. The largest absolute Gasteiger partial charge is 0.464 e. The number of amides is 1. The quantitative estimate of drug-likeness (QED) is 0.772. The number of furan rings is 1. The highest BCUT2D eigenvalue weighted by atomic mass is 16.3. The fraction of sp³-hybridized carbons (Fsp3) is 0.545. The van der Waals surface area contributed by atoms with E-state index >= 15 is 0 Å². The average molecular weight is 210 g/mol. The van der Waals surface area contributed by atoms with Crippen LogP contribution in [0, 0.1) is 6.92 Å². The van der Waals surface area contributed by atoms with Gasteiger partial charge in [0.05, 0.1) is 6.04 Å². The molecule has 1 aromatic rings. The Morgan fingerprint density at radius 2 is 2.27 bits per heavy atom. The predicted molar refractivity (Wildman–Crippen MR) is 58.5 cm³/mol. The van der Waals surface area contributed by atoms with Gasteiger partial charge in [0.1, 0.15) is 11.5 Å². The highest BCUT2D eigenvalue weighted by molar-refractivity contribution is 5.76. The highest BCUT2D eigenvalue weighted by Gasteiger charge is 2.11. The van der Waals surface area contributed by atoms with Crippen LogP contribution in [-0.4, -0.2) is 19.5 Å². The number of carbonyl (C=O) groups is 1. The zero-order chi connectivity index (χ0) is 11.3. The second kappa shape index (κ2) is 5.56. The second-order valence-corrected chi connectivity index (χ2v) is 3.59. The average Bonchev–Trinajstić information content (AvgIpc) is 2.61. The predicted octanol–water partition coefficient (Wildman–Crippen LogP) is 1.37. The summed E-state index contributed by atoms with van der Waals surface area (Å²) in [6, 6.07) is 3.72. The third-order valence-electron chi connectivity index (χ3n) is 2.17. The third kappa shape index (κ3) is 3.75. The number of nitrogens with one attached hydrogen (secondary N) is 2. The summed E-state index contributed by atoms with van der Waals surface area (Å²) in [7, 11) is 1.83. The molecular weight excluding hydrogens is 192 g/mol. The molecule has 0 fully saturated rings. The maximum atomic E-state index is 11.4. The Hall–Kier alpha value is -1.29. The van der Waals surface area contributed by atoms with E-state index in [1.807, 2.05) is 33.0 Å². The molecule has 1 aromatic heterocycles. The van der Waals surface area contributed by atoms with Gasteiger partial charge in [0.15, 0.2) is 0 Å². The molecule has 1 amide bonds. The van der Waals surface area contributed by atoms with Crippen LogP contribution < -0.4 is 10.6 Å². The molecule has 1 unspecified atom stereocenters. The van der Waals surface area contributed by atoms with Gasteiger partial charge in [0.25, 0.3) is 0 Å². The molecule has 1 heterocycles. The van der Waals surface area contributed by atoms with E-state index < -0.39 is 0 Å². The van der Waals surface area contributed by atoms with Crippen LogP contribution in [-0.2, 0) is 4.79 Å². The van der Waals surface area contributed by atoms with Crippen molar-refractivity contribution in [1.29, 1.82) is 0 Å². The minimum atomic E-state index is -0.0666. The number of hydrogen-bond acceptors (Lipinski definition) is 3. The monoisotopic (exact) mass is 210 g/mol. The summed E-state index contributed by atoms with van der Waals surface area (Å²) in [4.78, 5) is 11.4. The van der Waals surface area contributed by atoms with Gasteiger partial charge in [-0.2, -0.15) is 0 Å². The van der Waals surface area contributed by atoms with Crippen LogP contribution in [0.5, 0.6) is 0 Å². The molecule has 0 radical (unpaired) electrons. The van der Waals surface area contributed by atoms with E-state index in [0.29, 0.717) is 13.0 Å². The van der Waals surface area contributed by atoms with Crippen molar-refractivity contribution in [3.8, 4) is 0 Å². The van der Waals surface area contributed by atoms with Gasteiger partial charge in [0.2, 0.25) is 5.91 Å². The molecule has 0 aliphatic heterocycles. The first-order valence-electron chi connectivity index (χ1n) is 5.13. The Labute approximate surface area is 90.0 Å². The second-order valence-electron chi connectivity index (χ2n) is 3.59. The van der Waals surface area contributed by atoms with Gasteiger partial charge in [-0.25, -0.2) is 0 Å². The number of carbonyl (C=O) groups excluding carboxylic acids is 1. The van der Waals surface area contributed by atoms with Crippen LogP contribution in [0.15, 0.2) is 16.5 Å². The Bertz CT molecular complexity index is 320. The van der Waals surface area contributed by atoms with Crippen LogP contribution in [0.4, 0.5) is 0 Å². The molecule has 1 atom stereocenters. The summed E-state index contributed by atoms with van der Waals surface area (Å²) in [6.45, 7) is 4.49. The van der Waals surface area contributed by atoms with Crippen LogP contribution >= 0.6 is 0 Å². The van der Waals surface area contributed by atoms with E-state index in [1.165, 1.54) is 0 Å². The summed E-state index contributed by atoms with van der Waals surface area (Å²) in [5.74, 6) is 1.69. The molecule has 4 nitrogen and oxygen atoms in total. The van der Waals surface area contributed by atoms with Crippen molar-refractivity contribution < 1.29 is 9.21 Å². The van der Waals surface area contributed by atoms with Gasteiger partial charge in [-0.3, -0.25) is 4.79 Å². The van der Waals surface area contributed by atoms with Crippen molar-refractivity contribution >= 4 is 5.91 Å². The van der Waals surface area contributed by atoms with Gasteiger partial charge in [-0.05, 0) is 33.0 Å².